The van der Waals surface area contributed by atoms with E-state index in [9.17, 15) is 4.79 Å². The van der Waals surface area contributed by atoms with Crippen LogP contribution in [0.2, 0.25) is 0 Å². The highest BCUT2D eigenvalue weighted by molar-refractivity contribution is 7.03. The summed E-state index contributed by atoms with van der Waals surface area (Å²) in [6.45, 7) is 4.16. The zero-order valence-corrected chi connectivity index (χ0v) is 19.1. The van der Waals surface area contributed by atoms with Gasteiger partial charge in [0.15, 0.2) is 0 Å². The van der Waals surface area contributed by atoms with Gasteiger partial charge in [0.05, 0.1) is 19.3 Å². The van der Waals surface area contributed by atoms with E-state index in [2.05, 4.69) is 31.5 Å². The van der Waals surface area contributed by atoms with Crippen molar-refractivity contribution >= 4 is 17.4 Å². The number of carbonyl (C=O) groups is 1. The minimum Gasteiger partial charge on any atom is -0.497 e. The van der Waals surface area contributed by atoms with Gasteiger partial charge in [0, 0.05) is 36.9 Å². The molecule has 3 aliphatic rings. The fourth-order valence-corrected chi connectivity index (χ4v) is 6.53. The number of benzene rings is 1. The summed E-state index contributed by atoms with van der Waals surface area (Å²) < 4.78 is 9.53. The van der Waals surface area contributed by atoms with E-state index in [-0.39, 0.29) is 17.7 Å². The van der Waals surface area contributed by atoms with E-state index in [0.29, 0.717) is 18.5 Å². The number of rotatable bonds is 5. The second kappa shape index (κ2) is 8.87. The lowest BCUT2D eigenvalue weighted by molar-refractivity contribution is -0.131. The number of nitrogens with zero attached hydrogens (tertiary/aromatic N) is 4. The van der Waals surface area contributed by atoms with Crippen molar-refractivity contribution in [1.82, 2.24) is 19.4 Å². The van der Waals surface area contributed by atoms with Crippen LogP contribution in [0.1, 0.15) is 61.6 Å². The molecule has 0 N–H and O–H groups in total. The first-order valence-corrected chi connectivity index (χ1v) is 12.4. The van der Waals surface area contributed by atoms with E-state index in [4.69, 9.17) is 4.74 Å². The summed E-state index contributed by atoms with van der Waals surface area (Å²) in [6, 6.07) is 8.23. The van der Waals surface area contributed by atoms with Crippen LogP contribution < -0.4 is 4.74 Å². The van der Waals surface area contributed by atoms with Crippen LogP contribution in [0.5, 0.6) is 5.75 Å². The number of ether oxygens (including phenoxy) is 1. The minimum absolute atomic E-state index is 0.179. The molecule has 1 aliphatic carbocycles. The topological polar surface area (TPSA) is 58.6 Å². The lowest BCUT2D eigenvalue weighted by atomic mass is 9.73. The zero-order chi connectivity index (χ0) is 21.3. The van der Waals surface area contributed by atoms with Crippen LogP contribution in [0.15, 0.2) is 29.6 Å². The van der Waals surface area contributed by atoms with Gasteiger partial charge in [0.25, 0.3) is 0 Å². The summed E-state index contributed by atoms with van der Waals surface area (Å²) in [5.41, 5.74) is 2.69. The molecule has 1 aromatic heterocycles. The first-order valence-electron chi connectivity index (χ1n) is 11.6. The van der Waals surface area contributed by atoms with Crippen molar-refractivity contribution in [1.29, 1.82) is 0 Å². The minimum atomic E-state index is 0.179. The quantitative estimate of drug-likeness (QED) is 0.705. The van der Waals surface area contributed by atoms with Crippen LogP contribution in [0.4, 0.5) is 0 Å². The highest BCUT2D eigenvalue weighted by Crippen LogP contribution is 2.44. The Labute approximate surface area is 188 Å². The maximum Gasteiger partial charge on any atom is 0.236 e. The Bertz CT molecular complexity index is 897. The van der Waals surface area contributed by atoms with Crippen LogP contribution in [0.25, 0.3) is 0 Å². The van der Waals surface area contributed by atoms with E-state index in [1.54, 1.807) is 7.11 Å². The third-order valence-corrected chi connectivity index (χ3v) is 8.26. The van der Waals surface area contributed by atoms with Gasteiger partial charge in [-0.05, 0) is 60.5 Å². The summed E-state index contributed by atoms with van der Waals surface area (Å²) in [7, 11) is 1.69. The number of amides is 1. The van der Waals surface area contributed by atoms with Gasteiger partial charge in [-0.1, -0.05) is 35.9 Å². The highest BCUT2D eigenvalue weighted by Gasteiger charge is 2.42. The molecule has 2 aromatic rings. The molecule has 1 spiro atoms. The van der Waals surface area contributed by atoms with Crippen molar-refractivity contribution in [2.75, 3.05) is 39.8 Å². The molecule has 1 saturated carbocycles. The van der Waals surface area contributed by atoms with Gasteiger partial charge in [-0.2, -0.15) is 0 Å². The maximum absolute atomic E-state index is 13.3. The largest absolute Gasteiger partial charge is 0.497 e. The molecule has 6 nitrogen and oxygen atoms in total. The van der Waals surface area contributed by atoms with Gasteiger partial charge in [0.1, 0.15) is 5.75 Å². The van der Waals surface area contributed by atoms with Crippen molar-refractivity contribution in [3.63, 3.8) is 0 Å². The molecule has 2 saturated heterocycles. The van der Waals surface area contributed by atoms with Crippen LogP contribution in [-0.4, -0.2) is 65.1 Å². The van der Waals surface area contributed by atoms with E-state index in [1.165, 1.54) is 55.6 Å². The third kappa shape index (κ3) is 4.35. The summed E-state index contributed by atoms with van der Waals surface area (Å²) >= 11 is 1.38. The standard InChI is InChI=1S/C24H32N4O2S/c1-30-19-7-5-6-18(12-19)20-13-28(14-21(20)22-16-31-26-25-22)23(29)15-27-11-10-24(17-27)8-3-2-4-9-24/h5-7,12,16,20-21H,2-4,8-11,13-15,17H2,1H3/t20-,21+/m0/s1. The predicted molar refractivity (Wildman–Crippen MR) is 122 cm³/mol. The molecule has 0 unspecified atom stereocenters. The van der Waals surface area contributed by atoms with Crippen molar-refractivity contribution in [2.45, 2.75) is 50.4 Å². The number of methoxy groups -OCH3 is 1. The first-order chi connectivity index (χ1) is 15.2. The van der Waals surface area contributed by atoms with Gasteiger partial charge < -0.3 is 9.64 Å². The van der Waals surface area contributed by atoms with E-state index in [0.717, 1.165) is 31.1 Å². The maximum atomic E-state index is 13.3. The molecular formula is C24H32N4O2S. The van der Waals surface area contributed by atoms with Crippen LogP contribution in [0, 0.1) is 5.41 Å². The molecule has 0 radical (unpaired) electrons. The van der Waals surface area contributed by atoms with Gasteiger partial charge in [-0.25, -0.2) is 0 Å². The number of likely N-dealkylation sites (tertiary alicyclic amines) is 2. The molecule has 166 valence electrons. The summed E-state index contributed by atoms with van der Waals surface area (Å²) in [5, 5.41) is 6.39. The lowest BCUT2D eigenvalue weighted by Crippen LogP contribution is -2.39. The molecule has 1 aromatic carbocycles. The van der Waals surface area contributed by atoms with Crippen molar-refractivity contribution in [3.05, 3.63) is 40.9 Å². The fourth-order valence-electron chi connectivity index (χ4n) is 6.01. The Balaban J connectivity index is 1.29. The number of aromatic nitrogens is 2. The second-order valence-electron chi connectivity index (χ2n) is 9.64. The fraction of sp³-hybridized carbons (Fsp3) is 0.625. The smallest absolute Gasteiger partial charge is 0.236 e. The Morgan fingerprint density at radius 1 is 1.19 bits per heavy atom. The first kappa shape index (κ1) is 20.9. The number of hydrogen-bond donors (Lipinski definition) is 0. The number of carbonyl (C=O) groups excluding carboxylic acids is 1. The van der Waals surface area contributed by atoms with Crippen molar-refractivity contribution in [3.8, 4) is 5.75 Å². The normalized spacial score (nSPS) is 25.9. The van der Waals surface area contributed by atoms with Gasteiger partial charge in [0.2, 0.25) is 5.91 Å². The SMILES string of the molecule is COc1cccc([C@@H]2CN(C(=O)CN3CCC4(CCCCC4)C3)C[C@H]2c2csnn2)c1. The molecule has 3 fully saturated rings. The van der Waals surface area contributed by atoms with Gasteiger partial charge >= 0.3 is 0 Å². The third-order valence-electron chi connectivity index (χ3n) is 7.74. The highest BCUT2D eigenvalue weighted by atomic mass is 32.1. The van der Waals surface area contributed by atoms with Gasteiger partial charge in [-0.3, -0.25) is 9.69 Å². The Hall–Kier alpha value is -1.99. The average molecular weight is 441 g/mol. The Morgan fingerprint density at radius 2 is 2.03 bits per heavy atom. The zero-order valence-electron chi connectivity index (χ0n) is 18.3. The molecular weight excluding hydrogens is 408 g/mol. The van der Waals surface area contributed by atoms with Crippen LogP contribution in [-0.2, 0) is 4.79 Å². The molecule has 7 heteroatoms. The Kier molecular flexibility index (Phi) is 5.97. The summed E-state index contributed by atoms with van der Waals surface area (Å²) in [5.74, 6) is 1.50. The van der Waals surface area contributed by atoms with E-state index in [1.807, 2.05) is 17.5 Å². The molecule has 3 heterocycles. The monoisotopic (exact) mass is 440 g/mol. The number of hydrogen-bond acceptors (Lipinski definition) is 6. The average Bonchev–Trinajstić information content (AvgIpc) is 3.54. The van der Waals surface area contributed by atoms with E-state index >= 15 is 0 Å². The molecule has 0 bridgehead atoms. The van der Waals surface area contributed by atoms with E-state index < -0.39 is 0 Å². The lowest BCUT2D eigenvalue weighted by Gasteiger charge is -2.33. The predicted octanol–water partition coefficient (Wildman–Crippen LogP) is 3.91. The Morgan fingerprint density at radius 3 is 2.81 bits per heavy atom. The van der Waals surface area contributed by atoms with Gasteiger partial charge in [-0.15, -0.1) is 5.10 Å². The van der Waals surface area contributed by atoms with Crippen molar-refractivity contribution in [2.24, 2.45) is 5.41 Å². The second-order valence-corrected chi connectivity index (χ2v) is 10.2. The van der Waals surface area contributed by atoms with Crippen LogP contribution >= 0.6 is 11.5 Å². The molecule has 31 heavy (non-hydrogen) atoms. The van der Waals surface area contributed by atoms with Crippen LogP contribution in [0.3, 0.4) is 0 Å². The summed E-state index contributed by atoms with van der Waals surface area (Å²) in [6.07, 6.45) is 8.06. The molecule has 2 aliphatic heterocycles. The molecule has 5 rings (SSSR count). The summed E-state index contributed by atoms with van der Waals surface area (Å²) in [4.78, 5) is 17.8. The molecule has 2 atom stereocenters. The van der Waals surface area contributed by atoms with Crippen molar-refractivity contribution < 1.29 is 9.53 Å². The molecule has 1 amide bonds.